The van der Waals surface area contributed by atoms with Gasteiger partial charge in [-0.3, -0.25) is 4.79 Å². The number of nitrogens with zero attached hydrogens (tertiary/aromatic N) is 1. The molecule has 1 heterocycles. The van der Waals surface area contributed by atoms with Gasteiger partial charge < -0.3 is 10.0 Å². The Kier molecular flexibility index (Phi) is 4.06. The monoisotopic (exact) mass is 273 g/mol. The number of fused-ring (bicyclic) bond motifs is 1. The summed E-state index contributed by atoms with van der Waals surface area (Å²) in [5.74, 6) is 1.03. The van der Waals surface area contributed by atoms with Gasteiger partial charge in [-0.05, 0) is 42.7 Å². The third kappa shape index (κ3) is 2.59. The average molecular weight is 273 g/mol. The van der Waals surface area contributed by atoms with Crippen LogP contribution in [0, 0.1) is 11.8 Å². The summed E-state index contributed by atoms with van der Waals surface area (Å²) in [5.41, 5.74) is 2.05. The van der Waals surface area contributed by atoms with Crippen LogP contribution in [0.15, 0.2) is 24.3 Å². The fraction of sp³-hybridized carbons (Fsp3) is 0.588. The maximum atomic E-state index is 12.5. The topological polar surface area (TPSA) is 40.5 Å². The zero-order valence-corrected chi connectivity index (χ0v) is 11.9. The highest BCUT2D eigenvalue weighted by Crippen LogP contribution is 2.31. The summed E-state index contributed by atoms with van der Waals surface area (Å²) < 4.78 is 0. The van der Waals surface area contributed by atoms with Crippen LogP contribution in [0.5, 0.6) is 0 Å². The first-order valence-electron chi connectivity index (χ1n) is 7.77. The van der Waals surface area contributed by atoms with Gasteiger partial charge in [-0.2, -0.15) is 0 Å². The second-order valence-corrected chi connectivity index (χ2v) is 6.15. The standard InChI is InChI=1S/C17H23NO2/c19-12-15-7-2-1-6-14(15)11-18-10-9-13-5-3-4-8-16(13)17(18)20/h3-5,8,14-15,19H,1-2,6-7,9-12H2. The summed E-state index contributed by atoms with van der Waals surface area (Å²) in [6.07, 6.45) is 5.67. The molecule has 0 bridgehead atoms. The second-order valence-electron chi connectivity index (χ2n) is 6.15. The van der Waals surface area contributed by atoms with E-state index in [-0.39, 0.29) is 12.5 Å². The highest BCUT2D eigenvalue weighted by molar-refractivity contribution is 5.96. The Morgan fingerprint density at radius 1 is 1.15 bits per heavy atom. The molecule has 3 nitrogen and oxygen atoms in total. The third-order valence-corrected chi connectivity index (χ3v) is 4.94. The van der Waals surface area contributed by atoms with E-state index >= 15 is 0 Å². The lowest BCUT2D eigenvalue weighted by molar-refractivity contribution is 0.0604. The van der Waals surface area contributed by atoms with E-state index in [0.717, 1.165) is 37.9 Å². The van der Waals surface area contributed by atoms with Crippen LogP contribution in [0.4, 0.5) is 0 Å². The molecule has 1 amide bonds. The Morgan fingerprint density at radius 2 is 1.90 bits per heavy atom. The van der Waals surface area contributed by atoms with Crippen molar-refractivity contribution in [2.24, 2.45) is 11.8 Å². The molecule has 0 radical (unpaired) electrons. The van der Waals surface area contributed by atoms with Crippen LogP contribution >= 0.6 is 0 Å². The average Bonchev–Trinajstić information content (AvgIpc) is 2.51. The van der Waals surface area contributed by atoms with Crippen LogP contribution in [0.2, 0.25) is 0 Å². The molecule has 1 fully saturated rings. The number of benzene rings is 1. The number of amides is 1. The molecule has 3 rings (SSSR count). The Labute approximate surface area is 120 Å². The number of rotatable bonds is 3. The molecule has 1 aromatic rings. The van der Waals surface area contributed by atoms with Gasteiger partial charge in [0.2, 0.25) is 0 Å². The molecule has 0 saturated heterocycles. The van der Waals surface area contributed by atoms with Crippen LogP contribution in [0.3, 0.4) is 0 Å². The zero-order chi connectivity index (χ0) is 13.9. The molecule has 1 saturated carbocycles. The van der Waals surface area contributed by atoms with Crippen LogP contribution in [0.25, 0.3) is 0 Å². The zero-order valence-electron chi connectivity index (χ0n) is 11.9. The van der Waals surface area contributed by atoms with Crippen molar-refractivity contribution < 1.29 is 9.90 Å². The van der Waals surface area contributed by atoms with Crippen molar-refractivity contribution in [1.29, 1.82) is 0 Å². The Hall–Kier alpha value is -1.35. The maximum absolute atomic E-state index is 12.5. The fourth-order valence-corrected chi connectivity index (χ4v) is 3.70. The molecule has 0 aromatic heterocycles. The van der Waals surface area contributed by atoms with E-state index in [4.69, 9.17) is 0 Å². The van der Waals surface area contributed by atoms with Gasteiger partial charge in [0.05, 0.1) is 0 Å². The molecular weight excluding hydrogens is 250 g/mol. The van der Waals surface area contributed by atoms with Crippen molar-refractivity contribution in [1.82, 2.24) is 4.90 Å². The van der Waals surface area contributed by atoms with Crippen molar-refractivity contribution in [2.75, 3.05) is 19.7 Å². The van der Waals surface area contributed by atoms with Crippen LogP contribution in [0.1, 0.15) is 41.6 Å². The first-order chi connectivity index (χ1) is 9.79. The molecule has 2 aliphatic rings. The minimum atomic E-state index is 0.175. The number of hydrogen-bond acceptors (Lipinski definition) is 2. The third-order valence-electron chi connectivity index (χ3n) is 4.94. The van der Waals surface area contributed by atoms with Gasteiger partial charge in [0.15, 0.2) is 0 Å². The summed E-state index contributed by atoms with van der Waals surface area (Å²) in [5, 5.41) is 9.51. The van der Waals surface area contributed by atoms with Gasteiger partial charge in [-0.15, -0.1) is 0 Å². The van der Waals surface area contributed by atoms with Gasteiger partial charge in [0.25, 0.3) is 5.91 Å². The predicted molar refractivity (Wildman–Crippen MR) is 78.6 cm³/mol. The molecule has 1 N–H and O–H groups in total. The van der Waals surface area contributed by atoms with E-state index in [1.54, 1.807) is 0 Å². The SMILES string of the molecule is O=C1c2ccccc2CCN1CC1CCCCC1CO. The van der Waals surface area contributed by atoms with Crippen molar-refractivity contribution in [3.63, 3.8) is 0 Å². The molecule has 2 atom stereocenters. The second kappa shape index (κ2) is 5.96. The van der Waals surface area contributed by atoms with Crippen LogP contribution in [-0.4, -0.2) is 35.6 Å². The van der Waals surface area contributed by atoms with E-state index in [1.807, 2.05) is 23.1 Å². The lowest BCUT2D eigenvalue weighted by atomic mass is 9.79. The molecule has 2 unspecified atom stereocenters. The summed E-state index contributed by atoms with van der Waals surface area (Å²) >= 11 is 0. The molecule has 1 aromatic carbocycles. The molecule has 1 aliphatic carbocycles. The highest BCUT2D eigenvalue weighted by atomic mass is 16.3. The molecule has 108 valence electrons. The van der Waals surface area contributed by atoms with Gasteiger partial charge in [0, 0.05) is 25.3 Å². The van der Waals surface area contributed by atoms with Crippen LogP contribution in [-0.2, 0) is 6.42 Å². The quantitative estimate of drug-likeness (QED) is 0.919. The largest absolute Gasteiger partial charge is 0.396 e. The lowest BCUT2D eigenvalue weighted by Gasteiger charge is -2.36. The van der Waals surface area contributed by atoms with Crippen LogP contribution < -0.4 is 0 Å². The van der Waals surface area contributed by atoms with Gasteiger partial charge in [-0.1, -0.05) is 31.0 Å². The normalized spacial score (nSPS) is 26.4. The molecular formula is C17H23NO2. The minimum Gasteiger partial charge on any atom is -0.396 e. The fourth-order valence-electron chi connectivity index (χ4n) is 3.70. The van der Waals surface area contributed by atoms with E-state index < -0.39 is 0 Å². The minimum absolute atomic E-state index is 0.175. The highest BCUT2D eigenvalue weighted by Gasteiger charge is 2.30. The number of carbonyl (C=O) groups excluding carboxylic acids is 1. The van der Waals surface area contributed by atoms with Crippen molar-refractivity contribution >= 4 is 5.91 Å². The van der Waals surface area contributed by atoms with Gasteiger partial charge in [-0.25, -0.2) is 0 Å². The van der Waals surface area contributed by atoms with E-state index in [1.165, 1.54) is 18.4 Å². The van der Waals surface area contributed by atoms with Gasteiger partial charge >= 0.3 is 0 Å². The number of aliphatic hydroxyl groups is 1. The molecule has 0 spiro atoms. The van der Waals surface area contributed by atoms with E-state index in [2.05, 4.69) is 6.07 Å². The number of carbonyl (C=O) groups is 1. The molecule has 1 aliphatic heterocycles. The Balaban J connectivity index is 1.71. The number of aliphatic hydroxyl groups excluding tert-OH is 1. The van der Waals surface area contributed by atoms with Crippen molar-refractivity contribution in [2.45, 2.75) is 32.1 Å². The summed E-state index contributed by atoms with van der Waals surface area (Å²) in [7, 11) is 0. The van der Waals surface area contributed by atoms with E-state index in [0.29, 0.717) is 11.8 Å². The lowest BCUT2D eigenvalue weighted by Crippen LogP contribution is -2.43. The van der Waals surface area contributed by atoms with E-state index in [9.17, 15) is 9.90 Å². The first-order valence-corrected chi connectivity index (χ1v) is 7.77. The number of hydrogen-bond donors (Lipinski definition) is 1. The van der Waals surface area contributed by atoms with Crippen molar-refractivity contribution in [3.05, 3.63) is 35.4 Å². The summed E-state index contributed by atoms with van der Waals surface area (Å²) in [4.78, 5) is 14.5. The maximum Gasteiger partial charge on any atom is 0.254 e. The molecule has 20 heavy (non-hydrogen) atoms. The van der Waals surface area contributed by atoms with Crippen molar-refractivity contribution in [3.8, 4) is 0 Å². The summed E-state index contributed by atoms with van der Waals surface area (Å²) in [6.45, 7) is 1.91. The first kappa shape index (κ1) is 13.6. The smallest absolute Gasteiger partial charge is 0.254 e. The predicted octanol–water partition coefficient (Wildman–Crippen LogP) is 2.48. The summed E-state index contributed by atoms with van der Waals surface area (Å²) in [6, 6.07) is 7.94. The Bertz CT molecular complexity index is 486. The molecule has 3 heteroatoms. The van der Waals surface area contributed by atoms with Gasteiger partial charge in [0.1, 0.15) is 0 Å². The Morgan fingerprint density at radius 3 is 2.70 bits per heavy atom.